The fraction of sp³-hybridized carbons (Fsp3) is 0.375. The smallest absolute Gasteiger partial charge is 0.335 e. The Morgan fingerprint density at radius 1 is 1.09 bits per heavy atom. The van der Waals surface area contributed by atoms with Crippen molar-refractivity contribution >= 4 is 35.8 Å². The van der Waals surface area contributed by atoms with Crippen molar-refractivity contribution in [3.05, 3.63) is 83.4 Å². The van der Waals surface area contributed by atoms with Crippen LogP contribution in [0.4, 0.5) is 0 Å². The first kappa shape index (κ1) is 28.5. The fourth-order valence-corrected chi connectivity index (χ4v) is 6.26. The summed E-state index contributed by atoms with van der Waals surface area (Å²) in [6.45, 7) is 3.87. The quantitative estimate of drug-likeness (QED) is 0.196. The Kier molecular flexibility index (Phi) is 7.35. The molecule has 0 aliphatic carbocycles. The molecule has 0 bridgehead atoms. The van der Waals surface area contributed by atoms with Gasteiger partial charge in [0.25, 0.3) is 0 Å². The third-order valence-electron chi connectivity index (χ3n) is 8.96. The lowest BCUT2D eigenvalue weighted by atomic mass is 9.86. The third kappa shape index (κ3) is 5.56. The summed E-state index contributed by atoms with van der Waals surface area (Å²) >= 11 is 0. The van der Waals surface area contributed by atoms with Gasteiger partial charge < -0.3 is 24.3 Å². The average Bonchev–Trinajstić information content (AvgIpc) is 3.53. The Hall–Kier alpha value is -4.26. The number of aromatic nitrogens is 5. The number of nitrogens with zero attached hydrogens (tertiary/aromatic N) is 6. The van der Waals surface area contributed by atoms with Gasteiger partial charge in [-0.25, -0.2) is 14.8 Å². The summed E-state index contributed by atoms with van der Waals surface area (Å²) < 4.78 is 15.7. The van der Waals surface area contributed by atoms with E-state index in [9.17, 15) is 15.0 Å². The minimum atomic E-state index is -1.56. The van der Waals surface area contributed by atoms with E-state index in [4.69, 9.17) is 19.4 Å². The second kappa shape index (κ2) is 11.3. The van der Waals surface area contributed by atoms with Crippen LogP contribution in [0.2, 0.25) is 0 Å². The zero-order valence-corrected chi connectivity index (χ0v) is 24.9. The van der Waals surface area contributed by atoms with Crippen LogP contribution < -0.4 is 4.74 Å². The fourth-order valence-electron chi connectivity index (χ4n) is 6.26. The molecule has 12 heteroatoms. The van der Waals surface area contributed by atoms with E-state index >= 15 is 0 Å². The van der Waals surface area contributed by atoms with Crippen LogP contribution in [0.1, 0.15) is 52.6 Å². The standard InChI is InChI=1S/C32H35BN6O5/c1-37-27-16-23(7-5-22(27)17-34-37)32(33,42)44-30-4-2-3-25(36-30)20-9-12-38(13-10-20)19-29-35-26-8-6-21(31(40)41)15-28(26)39(29)18-24-11-14-43-24/h2-8,15-17,20,24,42H,9-14,18-19,33H2,1H3,(H,40,41). The summed E-state index contributed by atoms with van der Waals surface area (Å²) in [5.41, 5.74) is 2.83. The molecule has 0 radical (unpaired) electrons. The minimum Gasteiger partial charge on any atom is -0.478 e. The highest BCUT2D eigenvalue weighted by molar-refractivity contribution is 6.13. The van der Waals surface area contributed by atoms with Crippen molar-refractivity contribution in [2.24, 2.45) is 7.05 Å². The first-order valence-electron chi connectivity index (χ1n) is 15.1. The number of hydrogen-bond acceptors (Lipinski definition) is 8. The number of ether oxygens (including phenoxy) is 2. The third-order valence-corrected chi connectivity index (χ3v) is 8.96. The molecule has 5 aromatic rings. The van der Waals surface area contributed by atoms with Crippen molar-refractivity contribution in [1.29, 1.82) is 0 Å². The molecule has 2 unspecified atom stereocenters. The van der Waals surface area contributed by atoms with E-state index in [0.717, 1.165) is 72.4 Å². The molecule has 2 aromatic carbocycles. The molecule has 0 spiro atoms. The normalized spacial score (nSPS) is 19.2. The maximum Gasteiger partial charge on any atom is 0.335 e. The molecule has 5 heterocycles. The summed E-state index contributed by atoms with van der Waals surface area (Å²) in [7, 11) is 3.50. The molecule has 2 aliphatic heterocycles. The number of rotatable bonds is 9. The van der Waals surface area contributed by atoms with Gasteiger partial charge in [-0.2, -0.15) is 5.10 Å². The number of aliphatic hydroxyl groups is 1. The largest absolute Gasteiger partial charge is 0.478 e. The molecule has 0 saturated carbocycles. The van der Waals surface area contributed by atoms with Crippen LogP contribution in [0.25, 0.3) is 21.9 Å². The lowest BCUT2D eigenvalue weighted by Crippen LogP contribution is -2.35. The van der Waals surface area contributed by atoms with Gasteiger partial charge in [-0.3, -0.25) is 9.58 Å². The van der Waals surface area contributed by atoms with Crippen LogP contribution >= 0.6 is 0 Å². The van der Waals surface area contributed by atoms with Gasteiger partial charge in [0.05, 0.1) is 47.5 Å². The molecule has 7 rings (SSSR count). The second-order valence-electron chi connectivity index (χ2n) is 12.0. The molecule has 2 N–H and O–H groups in total. The van der Waals surface area contributed by atoms with E-state index in [1.807, 2.05) is 37.4 Å². The van der Waals surface area contributed by atoms with E-state index in [1.165, 1.54) is 0 Å². The molecular weight excluding hydrogens is 559 g/mol. The van der Waals surface area contributed by atoms with Gasteiger partial charge in [0.15, 0.2) is 5.69 Å². The molecule has 226 valence electrons. The van der Waals surface area contributed by atoms with Gasteiger partial charge >= 0.3 is 5.97 Å². The van der Waals surface area contributed by atoms with Crippen LogP contribution in [0.3, 0.4) is 0 Å². The maximum atomic E-state index is 11.6. The number of piperidine rings is 1. The second-order valence-corrected chi connectivity index (χ2v) is 12.0. The lowest BCUT2D eigenvalue weighted by molar-refractivity contribution is -0.0704. The zero-order valence-electron chi connectivity index (χ0n) is 24.9. The summed E-state index contributed by atoms with van der Waals surface area (Å²) in [6.07, 6.45) is 4.78. The van der Waals surface area contributed by atoms with Crippen LogP contribution in [-0.4, -0.2) is 79.0 Å². The average molecular weight is 594 g/mol. The Labute approximate surface area is 255 Å². The highest BCUT2D eigenvalue weighted by Crippen LogP contribution is 2.31. The number of carbonyl (C=O) groups is 1. The van der Waals surface area contributed by atoms with Crippen molar-refractivity contribution < 1.29 is 24.5 Å². The topological polar surface area (TPSA) is 128 Å². The highest BCUT2D eigenvalue weighted by atomic mass is 16.6. The van der Waals surface area contributed by atoms with Gasteiger partial charge in [-0.05, 0) is 62.7 Å². The number of aryl methyl sites for hydroxylation is 1. The minimum absolute atomic E-state index is 0.129. The number of likely N-dealkylation sites (tertiary alicyclic amines) is 1. The molecule has 11 nitrogen and oxygen atoms in total. The summed E-state index contributed by atoms with van der Waals surface area (Å²) in [5.74, 6) is 0.635. The van der Waals surface area contributed by atoms with Gasteiger partial charge in [-0.1, -0.05) is 18.2 Å². The van der Waals surface area contributed by atoms with Crippen LogP contribution in [0.5, 0.6) is 5.88 Å². The molecular formula is C32H35BN6O5. The van der Waals surface area contributed by atoms with E-state index in [0.29, 0.717) is 24.5 Å². The van der Waals surface area contributed by atoms with Gasteiger partial charge in [-0.15, -0.1) is 0 Å². The Bertz CT molecular complexity index is 1840. The molecule has 44 heavy (non-hydrogen) atoms. The van der Waals surface area contributed by atoms with Gasteiger partial charge in [0, 0.05) is 42.3 Å². The number of pyridine rings is 1. The Morgan fingerprint density at radius 2 is 1.91 bits per heavy atom. The van der Waals surface area contributed by atoms with Crippen LogP contribution in [-0.2, 0) is 30.6 Å². The number of aromatic carboxylic acids is 1. The molecule has 2 fully saturated rings. The highest BCUT2D eigenvalue weighted by Gasteiger charge is 2.29. The van der Waals surface area contributed by atoms with Gasteiger partial charge in [0.1, 0.15) is 5.82 Å². The van der Waals surface area contributed by atoms with Crippen LogP contribution in [0, 0.1) is 0 Å². The zero-order chi connectivity index (χ0) is 30.4. The monoisotopic (exact) mass is 594 g/mol. The number of benzene rings is 2. The van der Waals surface area contributed by atoms with Crippen molar-refractivity contribution in [2.75, 3.05) is 19.7 Å². The van der Waals surface area contributed by atoms with Crippen molar-refractivity contribution in [3.63, 3.8) is 0 Å². The summed E-state index contributed by atoms with van der Waals surface area (Å²) in [4.78, 5) is 23.7. The van der Waals surface area contributed by atoms with E-state index in [2.05, 4.69) is 14.6 Å². The molecule has 2 saturated heterocycles. The summed E-state index contributed by atoms with van der Waals surface area (Å²) in [5, 5.41) is 26.1. The van der Waals surface area contributed by atoms with Crippen molar-refractivity contribution in [1.82, 2.24) is 29.2 Å². The number of carboxylic acid groups (broad SMARTS) is 1. The predicted octanol–water partition coefficient (Wildman–Crippen LogP) is 3.00. The molecule has 0 amide bonds. The predicted molar refractivity (Wildman–Crippen MR) is 166 cm³/mol. The number of fused-ring (bicyclic) bond motifs is 2. The van der Waals surface area contributed by atoms with Crippen molar-refractivity contribution in [2.45, 2.75) is 50.1 Å². The molecule has 2 atom stereocenters. The summed E-state index contributed by atoms with van der Waals surface area (Å²) in [6, 6.07) is 16.5. The lowest BCUT2D eigenvalue weighted by Gasteiger charge is -2.32. The number of carboxylic acids is 1. The van der Waals surface area contributed by atoms with E-state index < -0.39 is 11.7 Å². The Balaban J connectivity index is 1.03. The van der Waals surface area contributed by atoms with Crippen molar-refractivity contribution in [3.8, 4) is 5.88 Å². The first-order valence-corrected chi connectivity index (χ1v) is 15.1. The molecule has 2 aliphatic rings. The SMILES string of the molecule is BC(O)(Oc1cccc(C2CCN(Cc3nc4ccc(C(=O)O)cc4n3CC3CCO3)CC2)n1)c1ccc2cnn(C)c2c1. The van der Waals surface area contributed by atoms with Crippen LogP contribution in [0.15, 0.2) is 60.8 Å². The van der Waals surface area contributed by atoms with Gasteiger partial charge in [0.2, 0.25) is 13.7 Å². The number of imidazole rings is 1. The molecule has 3 aromatic heterocycles. The first-order chi connectivity index (χ1) is 21.2. The maximum absolute atomic E-state index is 11.6. The van der Waals surface area contributed by atoms with E-state index in [1.54, 1.807) is 43.0 Å². The Morgan fingerprint density at radius 3 is 2.66 bits per heavy atom. The number of hydrogen-bond donors (Lipinski definition) is 2. The van der Waals surface area contributed by atoms with E-state index in [-0.39, 0.29) is 17.6 Å².